The van der Waals surface area contributed by atoms with Crippen LogP contribution in [0.2, 0.25) is 0 Å². The Morgan fingerprint density at radius 1 is 1.15 bits per heavy atom. The van der Waals surface area contributed by atoms with E-state index in [4.69, 9.17) is 4.74 Å². The summed E-state index contributed by atoms with van der Waals surface area (Å²) in [6.07, 6.45) is -3.85. The Bertz CT molecular complexity index is 934. The molecule has 2 rings (SSSR count). The molecule has 1 heterocycles. The molecule has 11 heteroatoms. The number of amides is 2. The third-order valence-electron chi connectivity index (χ3n) is 4.38. The van der Waals surface area contributed by atoms with Crippen molar-refractivity contribution in [2.24, 2.45) is 0 Å². The van der Waals surface area contributed by atoms with Crippen LogP contribution in [0.5, 0.6) is 5.75 Å². The van der Waals surface area contributed by atoms with Gasteiger partial charge < -0.3 is 20.5 Å². The maximum Gasteiger partial charge on any atom is 0.417 e. The molecule has 178 valence electrons. The topological polar surface area (TPSA) is 101 Å². The SMILES string of the molecule is C=CC(CC(O)CC(=O)NCc1ccc(C(F)(F)F)cn1)NC(=O)COc1ccc(F)cc1. The minimum atomic E-state index is -4.50. The van der Waals surface area contributed by atoms with Crippen molar-refractivity contribution in [3.05, 3.63) is 72.3 Å². The van der Waals surface area contributed by atoms with E-state index in [1.165, 1.54) is 30.3 Å². The van der Waals surface area contributed by atoms with Gasteiger partial charge in [0.25, 0.3) is 5.91 Å². The fraction of sp³-hybridized carbons (Fsp3) is 0.318. The second kappa shape index (κ2) is 12.0. The van der Waals surface area contributed by atoms with Gasteiger partial charge in [-0.1, -0.05) is 6.08 Å². The van der Waals surface area contributed by atoms with E-state index in [0.29, 0.717) is 11.9 Å². The Balaban J connectivity index is 1.72. The summed E-state index contributed by atoms with van der Waals surface area (Å²) in [6.45, 7) is 3.13. The van der Waals surface area contributed by atoms with E-state index in [2.05, 4.69) is 22.2 Å². The largest absolute Gasteiger partial charge is 0.484 e. The molecule has 0 fully saturated rings. The normalized spacial score (nSPS) is 13.0. The van der Waals surface area contributed by atoms with Crippen LogP contribution in [0.4, 0.5) is 17.6 Å². The second-order valence-corrected chi connectivity index (χ2v) is 7.06. The highest BCUT2D eigenvalue weighted by Crippen LogP contribution is 2.28. The van der Waals surface area contributed by atoms with Crippen molar-refractivity contribution in [3.63, 3.8) is 0 Å². The zero-order chi connectivity index (χ0) is 24.4. The molecule has 0 radical (unpaired) electrons. The van der Waals surface area contributed by atoms with E-state index in [-0.39, 0.29) is 31.7 Å². The number of hydrogen-bond acceptors (Lipinski definition) is 5. The van der Waals surface area contributed by atoms with E-state index in [9.17, 15) is 32.3 Å². The number of ether oxygens (including phenoxy) is 1. The summed E-state index contributed by atoms with van der Waals surface area (Å²) in [6, 6.07) is 6.49. The van der Waals surface area contributed by atoms with Gasteiger partial charge in [-0.3, -0.25) is 14.6 Å². The summed E-state index contributed by atoms with van der Waals surface area (Å²) in [5.74, 6) is -1.18. The Morgan fingerprint density at radius 3 is 2.42 bits per heavy atom. The van der Waals surface area contributed by atoms with Gasteiger partial charge in [-0.2, -0.15) is 13.2 Å². The first-order valence-electron chi connectivity index (χ1n) is 9.84. The van der Waals surface area contributed by atoms with E-state index in [1.54, 1.807) is 0 Å². The van der Waals surface area contributed by atoms with E-state index < -0.39 is 41.5 Å². The number of nitrogens with zero attached hydrogens (tertiary/aromatic N) is 1. The Labute approximate surface area is 187 Å². The lowest BCUT2D eigenvalue weighted by atomic mass is 10.1. The predicted octanol–water partition coefficient (Wildman–Crippen LogP) is 2.75. The fourth-order valence-corrected chi connectivity index (χ4v) is 2.69. The van der Waals surface area contributed by atoms with Crippen molar-refractivity contribution >= 4 is 11.8 Å². The van der Waals surface area contributed by atoms with Gasteiger partial charge in [-0.05, 0) is 42.8 Å². The number of benzene rings is 1. The van der Waals surface area contributed by atoms with E-state index in [1.807, 2.05) is 0 Å². The molecule has 0 saturated heterocycles. The zero-order valence-electron chi connectivity index (χ0n) is 17.4. The molecule has 2 aromatic rings. The highest BCUT2D eigenvalue weighted by Gasteiger charge is 2.30. The van der Waals surface area contributed by atoms with Crippen LogP contribution in [-0.2, 0) is 22.3 Å². The number of carbonyl (C=O) groups excluding carboxylic acids is 2. The molecule has 2 unspecified atom stereocenters. The molecule has 33 heavy (non-hydrogen) atoms. The van der Waals surface area contributed by atoms with Crippen LogP contribution < -0.4 is 15.4 Å². The quantitative estimate of drug-likeness (QED) is 0.347. The summed E-state index contributed by atoms with van der Waals surface area (Å²) < 4.78 is 55.7. The van der Waals surface area contributed by atoms with E-state index >= 15 is 0 Å². The van der Waals surface area contributed by atoms with Crippen LogP contribution in [0.25, 0.3) is 0 Å². The number of aromatic nitrogens is 1. The third-order valence-corrected chi connectivity index (χ3v) is 4.38. The van der Waals surface area contributed by atoms with Crippen LogP contribution in [0.15, 0.2) is 55.3 Å². The van der Waals surface area contributed by atoms with Crippen molar-refractivity contribution in [1.82, 2.24) is 15.6 Å². The van der Waals surface area contributed by atoms with Crippen LogP contribution >= 0.6 is 0 Å². The van der Waals surface area contributed by atoms with Crippen LogP contribution in [-0.4, -0.2) is 40.7 Å². The minimum Gasteiger partial charge on any atom is -0.484 e. The Kier molecular flexibility index (Phi) is 9.34. The van der Waals surface area contributed by atoms with Gasteiger partial charge in [-0.25, -0.2) is 4.39 Å². The Hall–Kier alpha value is -3.47. The molecule has 2 atom stereocenters. The number of rotatable bonds is 11. The molecule has 0 aliphatic rings. The fourth-order valence-electron chi connectivity index (χ4n) is 2.69. The minimum absolute atomic E-state index is 0.00224. The van der Waals surface area contributed by atoms with Gasteiger partial charge in [0.2, 0.25) is 5.91 Å². The molecule has 0 aliphatic heterocycles. The molecule has 7 nitrogen and oxygen atoms in total. The molecular formula is C22H23F4N3O4. The average Bonchev–Trinajstić information content (AvgIpc) is 2.76. The summed E-state index contributed by atoms with van der Waals surface area (Å²) in [5, 5.41) is 15.2. The number of halogens is 4. The zero-order valence-corrected chi connectivity index (χ0v) is 17.4. The maximum absolute atomic E-state index is 12.9. The number of pyridine rings is 1. The predicted molar refractivity (Wildman–Crippen MR) is 110 cm³/mol. The summed E-state index contributed by atoms with van der Waals surface area (Å²) in [4.78, 5) is 27.6. The van der Waals surface area contributed by atoms with Gasteiger partial charge in [-0.15, -0.1) is 6.58 Å². The molecule has 1 aromatic heterocycles. The van der Waals surface area contributed by atoms with Crippen molar-refractivity contribution in [2.45, 2.75) is 37.7 Å². The average molecular weight is 469 g/mol. The van der Waals surface area contributed by atoms with Crippen molar-refractivity contribution < 1.29 is 37.0 Å². The summed E-state index contributed by atoms with van der Waals surface area (Å²) in [5.41, 5.74) is -0.670. The molecule has 0 aliphatic carbocycles. The number of aliphatic hydroxyl groups excluding tert-OH is 1. The van der Waals surface area contributed by atoms with Crippen LogP contribution in [0, 0.1) is 5.82 Å². The molecule has 2 amide bonds. The Morgan fingerprint density at radius 2 is 1.85 bits per heavy atom. The third kappa shape index (κ3) is 9.27. The van der Waals surface area contributed by atoms with Gasteiger partial charge in [0, 0.05) is 12.2 Å². The standard InChI is InChI=1S/C22H23F4N3O4/c1-2-16(29-21(32)13-33-19-7-4-15(23)5-8-19)9-18(30)10-20(31)28-12-17-6-3-14(11-27-17)22(24,25)26/h2-8,11,16,18,30H,1,9-10,12-13H2,(H,28,31)(H,29,32). The molecule has 0 saturated carbocycles. The highest BCUT2D eigenvalue weighted by molar-refractivity contribution is 5.78. The number of nitrogens with one attached hydrogen (secondary N) is 2. The van der Waals surface area contributed by atoms with Crippen LogP contribution in [0.1, 0.15) is 24.1 Å². The van der Waals surface area contributed by atoms with Gasteiger partial charge >= 0.3 is 6.18 Å². The summed E-state index contributed by atoms with van der Waals surface area (Å²) >= 11 is 0. The number of hydrogen-bond donors (Lipinski definition) is 3. The number of carbonyl (C=O) groups is 2. The molecular weight excluding hydrogens is 446 g/mol. The lowest BCUT2D eigenvalue weighted by Gasteiger charge is -2.18. The number of aliphatic hydroxyl groups is 1. The molecule has 3 N–H and O–H groups in total. The smallest absolute Gasteiger partial charge is 0.417 e. The van der Waals surface area contributed by atoms with Crippen molar-refractivity contribution in [2.75, 3.05) is 6.61 Å². The lowest BCUT2D eigenvalue weighted by molar-refractivity contribution is -0.138. The molecule has 1 aromatic carbocycles. The first-order valence-corrected chi connectivity index (χ1v) is 9.84. The monoisotopic (exact) mass is 469 g/mol. The van der Waals surface area contributed by atoms with Gasteiger partial charge in [0.05, 0.1) is 30.3 Å². The first kappa shape index (κ1) is 25.8. The first-order chi connectivity index (χ1) is 15.6. The lowest BCUT2D eigenvalue weighted by Crippen LogP contribution is -2.39. The summed E-state index contributed by atoms with van der Waals surface area (Å²) in [7, 11) is 0. The van der Waals surface area contributed by atoms with E-state index in [0.717, 1.165) is 12.1 Å². The second-order valence-electron chi connectivity index (χ2n) is 7.06. The van der Waals surface area contributed by atoms with Crippen molar-refractivity contribution in [1.29, 1.82) is 0 Å². The molecule has 0 spiro atoms. The van der Waals surface area contributed by atoms with Gasteiger partial charge in [0.1, 0.15) is 11.6 Å². The highest BCUT2D eigenvalue weighted by atomic mass is 19.4. The number of alkyl halides is 3. The van der Waals surface area contributed by atoms with Crippen molar-refractivity contribution in [3.8, 4) is 5.75 Å². The van der Waals surface area contributed by atoms with Crippen LogP contribution in [0.3, 0.4) is 0 Å². The van der Waals surface area contributed by atoms with Gasteiger partial charge in [0.15, 0.2) is 6.61 Å². The maximum atomic E-state index is 12.9. The molecule has 0 bridgehead atoms.